The van der Waals surface area contributed by atoms with E-state index in [9.17, 15) is 0 Å². The largest absolute Gasteiger partial charge is 0.483 e. The van der Waals surface area contributed by atoms with Crippen LogP contribution in [0.4, 0.5) is 0 Å². The van der Waals surface area contributed by atoms with Gasteiger partial charge in [0.25, 0.3) is 0 Å². The third-order valence-corrected chi connectivity index (χ3v) is 4.41. The van der Waals surface area contributed by atoms with E-state index in [2.05, 4.69) is 15.9 Å². The first kappa shape index (κ1) is 14.5. The number of hydrogen-bond donors (Lipinski definition) is 2. The molecule has 3 N–H and O–H groups in total. The molecule has 3 nitrogen and oxygen atoms in total. The zero-order chi connectivity index (χ0) is 13.8. The number of benzene rings is 1. The summed E-state index contributed by atoms with van der Waals surface area (Å²) >= 11 is 5.07. The van der Waals surface area contributed by atoms with Crippen molar-refractivity contribution in [1.82, 2.24) is 0 Å². The Morgan fingerprint density at radius 1 is 1.26 bits per heavy atom. The van der Waals surface area contributed by atoms with Gasteiger partial charge in [-0.25, -0.2) is 0 Å². The molecule has 102 valence electrons. The maximum atomic E-state index is 9.02. The van der Waals surface area contributed by atoms with Gasteiger partial charge in [-0.1, -0.05) is 12.1 Å². The molecule has 2 rings (SSSR count). The molecule has 0 amide bonds. The van der Waals surface area contributed by atoms with E-state index in [1.807, 2.05) is 43.3 Å². The van der Waals surface area contributed by atoms with Gasteiger partial charge in [0, 0.05) is 10.9 Å². The second-order valence-electron chi connectivity index (χ2n) is 4.34. The summed E-state index contributed by atoms with van der Waals surface area (Å²) in [6, 6.07) is 11.3. The molecule has 0 aliphatic rings. The van der Waals surface area contributed by atoms with Crippen LogP contribution in [0.1, 0.15) is 23.5 Å². The van der Waals surface area contributed by atoms with Gasteiger partial charge in [0.2, 0.25) is 0 Å². The first-order valence-electron chi connectivity index (χ1n) is 5.97. The van der Waals surface area contributed by atoms with Gasteiger partial charge in [0.05, 0.1) is 10.4 Å². The molecule has 1 heterocycles. The van der Waals surface area contributed by atoms with E-state index in [1.54, 1.807) is 11.3 Å². The van der Waals surface area contributed by atoms with Crippen molar-refractivity contribution >= 4 is 27.3 Å². The standard InChI is InChI=1S/C14H16BrNO2S/c1-9(16)14(12-6-7-13(15)19-12)18-11-4-2-10(8-17)3-5-11/h2-7,9,14,17H,8,16H2,1H3. The van der Waals surface area contributed by atoms with Crippen molar-refractivity contribution in [1.29, 1.82) is 0 Å². The lowest BCUT2D eigenvalue weighted by atomic mass is 10.1. The molecule has 0 spiro atoms. The fourth-order valence-corrected chi connectivity index (χ4v) is 3.29. The average Bonchev–Trinajstić information content (AvgIpc) is 2.82. The molecular formula is C14H16BrNO2S. The molecule has 1 aromatic heterocycles. The summed E-state index contributed by atoms with van der Waals surface area (Å²) in [6.45, 7) is 1.97. The third kappa shape index (κ3) is 3.79. The van der Waals surface area contributed by atoms with Gasteiger partial charge in [-0.2, -0.15) is 0 Å². The van der Waals surface area contributed by atoms with Crippen LogP contribution >= 0.6 is 27.3 Å². The maximum Gasteiger partial charge on any atom is 0.148 e. The minimum absolute atomic E-state index is 0.0366. The Balaban J connectivity index is 2.16. The number of ether oxygens (including phenoxy) is 1. The molecule has 0 saturated heterocycles. The molecule has 0 aliphatic heterocycles. The summed E-state index contributed by atoms with van der Waals surface area (Å²) in [5.74, 6) is 0.754. The molecule has 2 unspecified atom stereocenters. The van der Waals surface area contributed by atoms with E-state index in [0.717, 1.165) is 20.0 Å². The second kappa shape index (κ2) is 6.52. The van der Waals surface area contributed by atoms with Crippen LogP contribution in [0.2, 0.25) is 0 Å². The van der Waals surface area contributed by atoms with Gasteiger partial charge in [0.1, 0.15) is 11.9 Å². The van der Waals surface area contributed by atoms with Crippen molar-refractivity contribution in [3.8, 4) is 5.75 Å². The van der Waals surface area contributed by atoms with Crippen LogP contribution in [0.15, 0.2) is 40.2 Å². The Morgan fingerprint density at radius 2 is 1.95 bits per heavy atom. The van der Waals surface area contributed by atoms with E-state index < -0.39 is 0 Å². The first-order chi connectivity index (χ1) is 9.10. The summed E-state index contributed by atoms with van der Waals surface area (Å²) in [4.78, 5) is 1.09. The van der Waals surface area contributed by atoms with Crippen LogP contribution in [0, 0.1) is 0 Å². The van der Waals surface area contributed by atoms with Gasteiger partial charge in [-0.3, -0.25) is 0 Å². The van der Waals surface area contributed by atoms with Crippen LogP contribution in [0.5, 0.6) is 5.75 Å². The quantitative estimate of drug-likeness (QED) is 0.875. The van der Waals surface area contributed by atoms with Crippen molar-refractivity contribution in [3.63, 3.8) is 0 Å². The van der Waals surface area contributed by atoms with Crippen LogP contribution in [-0.2, 0) is 6.61 Å². The van der Waals surface area contributed by atoms with Gasteiger partial charge in [-0.15, -0.1) is 11.3 Å². The van der Waals surface area contributed by atoms with Crippen LogP contribution in [-0.4, -0.2) is 11.1 Å². The Hall–Kier alpha value is -0.880. The third-order valence-electron chi connectivity index (χ3n) is 2.72. The zero-order valence-corrected chi connectivity index (χ0v) is 12.9. The fraction of sp³-hybridized carbons (Fsp3) is 0.286. The first-order valence-corrected chi connectivity index (χ1v) is 7.58. The predicted molar refractivity (Wildman–Crippen MR) is 81.4 cm³/mol. The monoisotopic (exact) mass is 341 g/mol. The summed E-state index contributed by atoms with van der Waals surface area (Å²) in [7, 11) is 0. The Morgan fingerprint density at radius 3 is 2.42 bits per heavy atom. The number of hydrogen-bond acceptors (Lipinski definition) is 4. The second-order valence-corrected chi connectivity index (χ2v) is 6.84. The van der Waals surface area contributed by atoms with Gasteiger partial charge in [0.15, 0.2) is 0 Å². The van der Waals surface area contributed by atoms with Gasteiger partial charge < -0.3 is 15.6 Å². The highest BCUT2D eigenvalue weighted by Crippen LogP contribution is 2.32. The van der Waals surface area contributed by atoms with E-state index in [-0.39, 0.29) is 18.8 Å². The molecule has 0 fully saturated rings. The SMILES string of the molecule is CC(N)C(Oc1ccc(CO)cc1)c1ccc(Br)s1. The van der Waals surface area contributed by atoms with Crippen molar-refractivity contribution in [2.24, 2.45) is 5.73 Å². The number of rotatable bonds is 5. The Kier molecular flexibility index (Phi) is 4.99. The number of halogens is 1. The van der Waals surface area contributed by atoms with Crippen LogP contribution < -0.4 is 10.5 Å². The summed E-state index contributed by atoms with van der Waals surface area (Å²) in [5.41, 5.74) is 6.87. The predicted octanol–water partition coefficient (Wildman–Crippen LogP) is 3.47. The zero-order valence-electron chi connectivity index (χ0n) is 10.5. The van der Waals surface area contributed by atoms with Crippen LogP contribution in [0.3, 0.4) is 0 Å². The van der Waals surface area contributed by atoms with Crippen LogP contribution in [0.25, 0.3) is 0 Å². The number of thiophene rings is 1. The highest BCUT2D eigenvalue weighted by atomic mass is 79.9. The van der Waals surface area contributed by atoms with E-state index in [0.29, 0.717) is 0 Å². The number of aliphatic hydroxyl groups excluding tert-OH is 1. The number of aliphatic hydroxyl groups is 1. The smallest absolute Gasteiger partial charge is 0.148 e. The van der Waals surface area contributed by atoms with Crippen molar-refractivity contribution < 1.29 is 9.84 Å². The molecule has 0 radical (unpaired) electrons. The minimum Gasteiger partial charge on any atom is -0.483 e. The highest BCUT2D eigenvalue weighted by molar-refractivity contribution is 9.11. The van der Waals surface area contributed by atoms with Crippen molar-refractivity contribution in [2.75, 3.05) is 0 Å². The van der Waals surface area contributed by atoms with Gasteiger partial charge in [-0.05, 0) is 52.7 Å². The molecule has 0 aliphatic carbocycles. The van der Waals surface area contributed by atoms with Crippen molar-refractivity contribution in [2.45, 2.75) is 25.7 Å². The van der Waals surface area contributed by atoms with E-state index in [1.165, 1.54) is 0 Å². The molecule has 2 aromatic rings. The molecular weight excluding hydrogens is 326 g/mol. The summed E-state index contributed by atoms with van der Waals surface area (Å²) in [5, 5.41) is 9.02. The molecule has 0 saturated carbocycles. The van der Waals surface area contributed by atoms with E-state index in [4.69, 9.17) is 15.6 Å². The lowest BCUT2D eigenvalue weighted by molar-refractivity contribution is 0.184. The fourth-order valence-electron chi connectivity index (χ4n) is 1.73. The molecule has 19 heavy (non-hydrogen) atoms. The van der Waals surface area contributed by atoms with Gasteiger partial charge >= 0.3 is 0 Å². The topological polar surface area (TPSA) is 55.5 Å². The molecule has 0 bridgehead atoms. The van der Waals surface area contributed by atoms with E-state index >= 15 is 0 Å². The normalized spacial score (nSPS) is 14.1. The lowest BCUT2D eigenvalue weighted by Crippen LogP contribution is -2.28. The summed E-state index contributed by atoms with van der Waals surface area (Å²) in [6.07, 6.45) is -0.170. The minimum atomic E-state index is -0.170. The average molecular weight is 342 g/mol. The Labute approximate surface area is 125 Å². The number of nitrogens with two attached hydrogens (primary N) is 1. The maximum absolute atomic E-state index is 9.02. The lowest BCUT2D eigenvalue weighted by Gasteiger charge is -2.21. The molecule has 2 atom stereocenters. The molecule has 5 heteroatoms. The molecule has 1 aromatic carbocycles. The van der Waals surface area contributed by atoms with Crippen molar-refractivity contribution in [3.05, 3.63) is 50.6 Å². The Bertz CT molecular complexity index is 524. The highest BCUT2D eigenvalue weighted by Gasteiger charge is 2.20. The summed E-state index contributed by atoms with van der Waals surface area (Å²) < 4.78 is 7.02.